The number of alkyl halides is 3. The SMILES string of the molecule is COc1ccc2c(c1)OC1(CCN(C(=O)c3ccc(C(F)(F)F)cc3)CC1)CC2=O. The number of piperidine rings is 1. The third-order valence-corrected chi connectivity index (χ3v) is 5.72. The van der Waals surface area contributed by atoms with Crippen molar-refractivity contribution in [3.63, 3.8) is 0 Å². The molecule has 1 spiro atoms. The van der Waals surface area contributed by atoms with Crippen LogP contribution in [0.3, 0.4) is 0 Å². The van der Waals surface area contributed by atoms with E-state index in [0.29, 0.717) is 43.0 Å². The highest BCUT2D eigenvalue weighted by molar-refractivity contribution is 6.00. The highest BCUT2D eigenvalue weighted by Crippen LogP contribution is 2.41. The Hall–Kier alpha value is -3.03. The lowest BCUT2D eigenvalue weighted by molar-refractivity contribution is -0.137. The van der Waals surface area contributed by atoms with Gasteiger partial charge < -0.3 is 14.4 Å². The third-order valence-electron chi connectivity index (χ3n) is 5.72. The molecule has 1 saturated heterocycles. The Morgan fingerprint density at radius 1 is 1.10 bits per heavy atom. The summed E-state index contributed by atoms with van der Waals surface area (Å²) in [6.07, 6.45) is -3.29. The summed E-state index contributed by atoms with van der Waals surface area (Å²) >= 11 is 0. The first-order valence-corrected chi connectivity index (χ1v) is 9.58. The third kappa shape index (κ3) is 3.74. The molecule has 0 aromatic heterocycles. The van der Waals surface area contributed by atoms with Gasteiger partial charge >= 0.3 is 6.18 Å². The number of Topliss-reactive ketones (excluding diaryl/α,β-unsaturated/α-hetero) is 1. The van der Waals surface area contributed by atoms with Crippen LogP contribution in [0.2, 0.25) is 0 Å². The van der Waals surface area contributed by atoms with Gasteiger partial charge in [0.15, 0.2) is 5.78 Å². The van der Waals surface area contributed by atoms with Gasteiger partial charge in [-0.05, 0) is 36.4 Å². The maximum atomic E-state index is 12.7. The van der Waals surface area contributed by atoms with E-state index in [1.165, 1.54) is 19.2 Å². The maximum Gasteiger partial charge on any atom is 0.416 e. The van der Waals surface area contributed by atoms with E-state index in [4.69, 9.17) is 9.47 Å². The van der Waals surface area contributed by atoms with E-state index < -0.39 is 17.3 Å². The van der Waals surface area contributed by atoms with E-state index >= 15 is 0 Å². The zero-order valence-corrected chi connectivity index (χ0v) is 16.3. The van der Waals surface area contributed by atoms with E-state index in [1.807, 2.05) is 0 Å². The summed E-state index contributed by atoms with van der Waals surface area (Å²) in [4.78, 5) is 26.9. The van der Waals surface area contributed by atoms with E-state index in [0.717, 1.165) is 12.1 Å². The molecule has 0 bridgehead atoms. The van der Waals surface area contributed by atoms with Crippen LogP contribution < -0.4 is 9.47 Å². The number of methoxy groups -OCH3 is 1. The number of nitrogens with zero attached hydrogens (tertiary/aromatic N) is 1. The van der Waals surface area contributed by atoms with Gasteiger partial charge in [-0.1, -0.05) is 0 Å². The minimum atomic E-state index is -4.44. The van der Waals surface area contributed by atoms with Crippen LogP contribution in [0, 0.1) is 0 Å². The number of benzene rings is 2. The molecule has 30 heavy (non-hydrogen) atoms. The number of ketones is 1. The second kappa shape index (κ2) is 7.34. The van der Waals surface area contributed by atoms with Crippen LogP contribution in [0.5, 0.6) is 11.5 Å². The van der Waals surface area contributed by atoms with Crippen molar-refractivity contribution in [2.75, 3.05) is 20.2 Å². The number of rotatable bonds is 2. The van der Waals surface area contributed by atoms with Gasteiger partial charge in [0.1, 0.15) is 17.1 Å². The molecule has 0 radical (unpaired) electrons. The van der Waals surface area contributed by atoms with Crippen molar-refractivity contribution < 1.29 is 32.2 Å². The van der Waals surface area contributed by atoms with Crippen LogP contribution in [0.1, 0.15) is 45.5 Å². The van der Waals surface area contributed by atoms with Gasteiger partial charge in [-0.3, -0.25) is 9.59 Å². The molecule has 2 aromatic rings. The second-order valence-corrected chi connectivity index (χ2v) is 7.61. The fourth-order valence-electron chi connectivity index (χ4n) is 3.98. The lowest BCUT2D eigenvalue weighted by Crippen LogP contribution is -2.52. The number of fused-ring (bicyclic) bond motifs is 1. The fourth-order valence-corrected chi connectivity index (χ4v) is 3.98. The minimum Gasteiger partial charge on any atom is -0.497 e. The van der Waals surface area contributed by atoms with Crippen LogP contribution in [-0.4, -0.2) is 42.4 Å². The first-order chi connectivity index (χ1) is 14.2. The Morgan fingerprint density at radius 3 is 2.37 bits per heavy atom. The molecular weight excluding hydrogens is 399 g/mol. The predicted octanol–water partition coefficient (Wildman–Crippen LogP) is 4.35. The number of ether oxygens (including phenoxy) is 2. The molecule has 158 valence electrons. The molecule has 0 atom stereocenters. The molecule has 0 saturated carbocycles. The largest absolute Gasteiger partial charge is 0.497 e. The summed E-state index contributed by atoms with van der Waals surface area (Å²) in [6, 6.07) is 9.29. The van der Waals surface area contributed by atoms with Crippen molar-refractivity contribution in [1.82, 2.24) is 4.90 Å². The van der Waals surface area contributed by atoms with Crippen molar-refractivity contribution in [3.05, 3.63) is 59.2 Å². The fraction of sp³-hybridized carbons (Fsp3) is 0.364. The molecule has 0 unspecified atom stereocenters. The Balaban J connectivity index is 1.46. The van der Waals surface area contributed by atoms with Gasteiger partial charge in [0.25, 0.3) is 5.91 Å². The minimum absolute atomic E-state index is 0.0126. The number of carbonyl (C=O) groups is 2. The van der Waals surface area contributed by atoms with E-state index in [-0.39, 0.29) is 23.7 Å². The Labute approximate surface area is 171 Å². The summed E-state index contributed by atoms with van der Waals surface area (Å²) in [5.74, 6) is 0.728. The van der Waals surface area contributed by atoms with Crippen LogP contribution in [0.15, 0.2) is 42.5 Å². The van der Waals surface area contributed by atoms with Gasteiger partial charge in [-0.25, -0.2) is 0 Å². The lowest BCUT2D eigenvalue weighted by Gasteiger charge is -2.44. The number of hydrogen-bond donors (Lipinski definition) is 0. The van der Waals surface area contributed by atoms with Gasteiger partial charge in [-0.15, -0.1) is 0 Å². The average molecular weight is 419 g/mol. The standard InChI is InChI=1S/C22H20F3NO4/c1-29-16-6-7-17-18(27)13-21(30-19(17)12-16)8-10-26(11-9-21)20(28)14-2-4-15(5-3-14)22(23,24)25/h2-7,12H,8-11,13H2,1H3. The van der Waals surface area contributed by atoms with E-state index in [9.17, 15) is 22.8 Å². The van der Waals surface area contributed by atoms with Crippen molar-refractivity contribution in [3.8, 4) is 11.5 Å². The monoisotopic (exact) mass is 419 g/mol. The molecule has 4 rings (SSSR count). The second-order valence-electron chi connectivity index (χ2n) is 7.61. The maximum absolute atomic E-state index is 12.7. The van der Waals surface area contributed by atoms with E-state index in [2.05, 4.69) is 0 Å². The summed E-state index contributed by atoms with van der Waals surface area (Å²) in [7, 11) is 1.54. The molecule has 0 aliphatic carbocycles. The molecule has 8 heteroatoms. The van der Waals surface area contributed by atoms with Gasteiger partial charge in [0, 0.05) is 37.6 Å². The van der Waals surface area contributed by atoms with Crippen molar-refractivity contribution in [1.29, 1.82) is 0 Å². The van der Waals surface area contributed by atoms with Crippen LogP contribution in [0.4, 0.5) is 13.2 Å². The number of likely N-dealkylation sites (tertiary alicyclic amines) is 1. The Morgan fingerprint density at radius 2 is 1.77 bits per heavy atom. The van der Waals surface area contributed by atoms with Gasteiger partial charge in [-0.2, -0.15) is 13.2 Å². The molecular formula is C22H20F3NO4. The molecule has 1 amide bonds. The lowest BCUT2D eigenvalue weighted by atomic mass is 9.82. The molecule has 5 nitrogen and oxygen atoms in total. The van der Waals surface area contributed by atoms with Crippen LogP contribution in [-0.2, 0) is 6.18 Å². The quantitative estimate of drug-likeness (QED) is 0.726. The molecule has 2 aromatic carbocycles. The summed E-state index contributed by atoms with van der Waals surface area (Å²) in [5.41, 5.74) is -0.757. The molecule has 2 aliphatic rings. The van der Waals surface area contributed by atoms with Crippen molar-refractivity contribution in [2.45, 2.75) is 31.0 Å². The number of hydrogen-bond acceptors (Lipinski definition) is 4. The Kier molecular flexibility index (Phi) is 4.95. The highest BCUT2D eigenvalue weighted by Gasteiger charge is 2.44. The first-order valence-electron chi connectivity index (χ1n) is 9.58. The Bertz CT molecular complexity index is 977. The highest BCUT2D eigenvalue weighted by atomic mass is 19.4. The average Bonchev–Trinajstić information content (AvgIpc) is 2.73. The van der Waals surface area contributed by atoms with Crippen molar-refractivity contribution >= 4 is 11.7 Å². The normalized spacial score (nSPS) is 18.0. The van der Waals surface area contributed by atoms with Crippen molar-refractivity contribution in [2.24, 2.45) is 0 Å². The number of amides is 1. The summed E-state index contributed by atoms with van der Waals surface area (Å²) in [5, 5.41) is 0. The molecule has 2 heterocycles. The summed E-state index contributed by atoms with van der Waals surface area (Å²) < 4.78 is 49.6. The molecule has 2 aliphatic heterocycles. The number of halogens is 3. The first kappa shape index (κ1) is 20.3. The summed E-state index contributed by atoms with van der Waals surface area (Å²) in [6.45, 7) is 0.707. The van der Waals surface area contributed by atoms with Crippen LogP contribution >= 0.6 is 0 Å². The topological polar surface area (TPSA) is 55.8 Å². The zero-order valence-electron chi connectivity index (χ0n) is 16.3. The predicted molar refractivity (Wildman–Crippen MR) is 102 cm³/mol. The molecule has 0 N–H and O–H groups in total. The number of carbonyl (C=O) groups excluding carboxylic acids is 2. The zero-order chi connectivity index (χ0) is 21.5. The van der Waals surface area contributed by atoms with E-state index in [1.54, 1.807) is 23.1 Å². The molecule has 1 fully saturated rings. The van der Waals surface area contributed by atoms with Gasteiger partial charge in [0.2, 0.25) is 0 Å². The van der Waals surface area contributed by atoms with Gasteiger partial charge in [0.05, 0.1) is 24.7 Å². The smallest absolute Gasteiger partial charge is 0.416 e. The van der Waals surface area contributed by atoms with Crippen LogP contribution in [0.25, 0.3) is 0 Å².